The monoisotopic (exact) mass is 278 g/mol. The Bertz CT molecular complexity index is 643. The molecular formula is C14H12ClFN2O. The SMILES string of the molecule is Cc1cc(N)cc(C(=O)Nc2ccccc2Cl)c1F. The van der Waals surface area contributed by atoms with Crippen LogP contribution >= 0.6 is 11.6 Å². The minimum Gasteiger partial charge on any atom is -0.399 e. The predicted octanol–water partition coefficient (Wildman–Crippen LogP) is 3.62. The molecule has 0 fully saturated rings. The zero-order chi connectivity index (χ0) is 14.0. The Morgan fingerprint density at radius 3 is 2.68 bits per heavy atom. The molecule has 0 aliphatic rings. The summed E-state index contributed by atoms with van der Waals surface area (Å²) in [6.07, 6.45) is 0. The van der Waals surface area contributed by atoms with Gasteiger partial charge in [-0.1, -0.05) is 23.7 Å². The van der Waals surface area contributed by atoms with E-state index >= 15 is 0 Å². The van der Waals surface area contributed by atoms with Gasteiger partial charge in [0.15, 0.2) is 0 Å². The van der Waals surface area contributed by atoms with Crippen molar-refractivity contribution in [2.24, 2.45) is 0 Å². The fourth-order valence-corrected chi connectivity index (χ4v) is 1.90. The highest BCUT2D eigenvalue weighted by molar-refractivity contribution is 6.33. The van der Waals surface area contributed by atoms with E-state index in [0.717, 1.165) is 0 Å². The molecule has 0 heterocycles. The number of benzene rings is 2. The van der Waals surface area contributed by atoms with Gasteiger partial charge < -0.3 is 11.1 Å². The van der Waals surface area contributed by atoms with E-state index in [1.165, 1.54) is 12.1 Å². The minimum absolute atomic E-state index is 0.0996. The number of nitrogens with two attached hydrogens (primary N) is 1. The third kappa shape index (κ3) is 2.85. The van der Waals surface area contributed by atoms with Gasteiger partial charge >= 0.3 is 0 Å². The Morgan fingerprint density at radius 1 is 1.32 bits per heavy atom. The van der Waals surface area contributed by atoms with Gasteiger partial charge in [0.2, 0.25) is 0 Å². The number of para-hydroxylation sites is 1. The first-order valence-electron chi connectivity index (χ1n) is 5.60. The minimum atomic E-state index is -0.584. The van der Waals surface area contributed by atoms with Crippen molar-refractivity contribution in [3.05, 3.63) is 58.4 Å². The van der Waals surface area contributed by atoms with Crippen molar-refractivity contribution in [1.29, 1.82) is 0 Å². The van der Waals surface area contributed by atoms with Crippen LogP contribution < -0.4 is 11.1 Å². The topological polar surface area (TPSA) is 55.1 Å². The molecule has 3 N–H and O–H groups in total. The van der Waals surface area contributed by atoms with Crippen molar-refractivity contribution in [3.8, 4) is 0 Å². The van der Waals surface area contributed by atoms with E-state index in [1.54, 1.807) is 31.2 Å². The van der Waals surface area contributed by atoms with Crippen molar-refractivity contribution >= 4 is 28.9 Å². The number of hydrogen-bond acceptors (Lipinski definition) is 2. The number of rotatable bonds is 2. The smallest absolute Gasteiger partial charge is 0.258 e. The summed E-state index contributed by atoms with van der Waals surface area (Å²) in [6, 6.07) is 9.51. The van der Waals surface area contributed by atoms with Gasteiger partial charge in [0.25, 0.3) is 5.91 Å². The Kier molecular flexibility index (Phi) is 3.71. The van der Waals surface area contributed by atoms with Gasteiger partial charge in [0.1, 0.15) is 5.82 Å². The van der Waals surface area contributed by atoms with Crippen LogP contribution in [0.3, 0.4) is 0 Å². The predicted molar refractivity (Wildman–Crippen MR) is 75.0 cm³/mol. The van der Waals surface area contributed by atoms with Gasteiger partial charge in [0.05, 0.1) is 16.3 Å². The van der Waals surface area contributed by atoms with E-state index in [0.29, 0.717) is 22.0 Å². The average molecular weight is 279 g/mol. The second-order valence-electron chi connectivity index (χ2n) is 4.13. The lowest BCUT2D eigenvalue weighted by atomic mass is 10.1. The van der Waals surface area contributed by atoms with Gasteiger partial charge in [-0.25, -0.2) is 4.39 Å². The van der Waals surface area contributed by atoms with Crippen LogP contribution in [0.25, 0.3) is 0 Å². The lowest BCUT2D eigenvalue weighted by molar-refractivity contribution is 0.102. The van der Waals surface area contributed by atoms with Gasteiger partial charge in [-0.15, -0.1) is 0 Å². The average Bonchev–Trinajstić information content (AvgIpc) is 2.36. The second-order valence-corrected chi connectivity index (χ2v) is 4.54. The van der Waals surface area contributed by atoms with Crippen LogP contribution in [-0.2, 0) is 0 Å². The van der Waals surface area contributed by atoms with E-state index < -0.39 is 11.7 Å². The number of carbonyl (C=O) groups excluding carboxylic acids is 1. The maximum Gasteiger partial charge on any atom is 0.258 e. The molecule has 0 radical (unpaired) electrons. The number of carbonyl (C=O) groups is 1. The summed E-state index contributed by atoms with van der Waals surface area (Å²) in [5, 5.41) is 2.94. The number of aryl methyl sites for hydroxylation is 1. The van der Waals surface area contributed by atoms with E-state index in [9.17, 15) is 9.18 Å². The molecule has 98 valence electrons. The Morgan fingerprint density at radius 2 is 2.00 bits per heavy atom. The van der Waals surface area contributed by atoms with E-state index in [4.69, 9.17) is 17.3 Å². The molecule has 0 atom stereocenters. The van der Waals surface area contributed by atoms with E-state index in [-0.39, 0.29) is 5.56 Å². The first-order valence-corrected chi connectivity index (χ1v) is 5.98. The molecule has 0 spiro atoms. The summed E-state index contributed by atoms with van der Waals surface area (Å²) in [4.78, 5) is 12.0. The second kappa shape index (κ2) is 5.28. The summed E-state index contributed by atoms with van der Waals surface area (Å²) < 4.78 is 13.9. The zero-order valence-corrected chi connectivity index (χ0v) is 11.0. The molecule has 0 unspecified atom stereocenters. The van der Waals surface area contributed by atoms with Crippen LogP contribution in [0.2, 0.25) is 5.02 Å². The first-order chi connectivity index (χ1) is 8.99. The van der Waals surface area contributed by atoms with Crippen LogP contribution in [0, 0.1) is 12.7 Å². The van der Waals surface area contributed by atoms with Crippen LogP contribution in [-0.4, -0.2) is 5.91 Å². The van der Waals surface area contributed by atoms with E-state index in [1.807, 2.05) is 0 Å². The van der Waals surface area contributed by atoms with Crippen molar-refractivity contribution in [3.63, 3.8) is 0 Å². The third-order valence-electron chi connectivity index (χ3n) is 2.64. The Hall–Kier alpha value is -2.07. The lowest BCUT2D eigenvalue weighted by Crippen LogP contribution is -2.15. The van der Waals surface area contributed by atoms with Crippen molar-refractivity contribution in [2.75, 3.05) is 11.1 Å². The molecule has 2 aromatic carbocycles. The van der Waals surface area contributed by atoms with Crippen LogP contribution in [0.1, 0.15) is 15.9 Å². The molecule has 0 bridgehead atoms. The highest BCUT2D eigenvalue weighted by Crippen LogP contribution is 2.23. The summed E-state index contributed by atoms with van der Waals surface area (Å²) >= 11 is 5.92. The summed E-state index contributed by atoms with van der Waals surface area (Å²) in [5.41, 5.74) is 6.60. The number of nitrogen functional groups attached to an aromatic ring is 1. The molecule has 0 aliphatic heterocycles. The maximum absolute atomic E-state index is 13.9. The van der Waals surface area contributed by atoms with Crippen molar-refractivity contribution < 1.29 is 9.18 Å². The summed E-state index contributed by atoms with van der Waals surface area (Å²) in [5.74, 6) is -1.17. The molecule has 0 saturated heterocycles. The Labute approximate surface area is 115 Å². The summed E-state index contributed by atoms with van der Waals surface area (Å²) in [6.45, 7) is 1.55. The fraction of sp³-hybridized carbons (Fsp3) is 0.0714. The molecule has 3 nitrogen and oxygen atoms in total. The van der Waals surface area contributed by atoms with E-state index in [2.05, 4.69) is 5.32 Å². The van der Waals surface area contributed by atoms with Gasteiger partial charge in [-0.05, 0) is 36.8 Å². The maximum atomic E-state index is 13.9. The van der Waals surface area contributed by atoms with Gasteiger partial charge in [-0.3, -0.25) is 4.79 Å². The molecule has 19 heavy (non-hydrogen) atoms. The molecular weight excluding hydrogens is 267 g/mol. The first kappa shape index (κ1) is 13.4. The zero-order valence-electron chi connectivity index (χ0n) is 10.2. The molecule has 0 aromatic heterocycles. The quantitative estimate of drug-likeness (QED) is 0.824. The third-order valence-corrected chi connectivity index (χ3v) is 2.97. The largest absolute Gasteiger partial charge is 0.399 e. The standard InChI is InChI=1S/C14H12ClFN2O/c1-8-6-9(17)7-10(13(8)16)14(19)18-12-5-3-2-4-11(12)15/h2-7H,17H2,1H3,(H,18,19). The molecule has 1 amide bonds. The Balaban J connectivity index is 2.33. The number of amides is 1. The van der Waals surface area contributed by atoms with Gasteiger partial charge in [0, 0.05) is 5.69 Å². The number of halogens is 2. The number of hydrogen-bond donors (Lipinski definition) is 2. The molecule has 0 aliphatic carbocycles. The van der Waals surface area contributed by atoms with Gasteiger partial charge in [-0.2, -0.15) is 0 Å². The molecule has 5 heteroatoms. The molecule has 2 aromatic rings. The highest BCUT2D eigenvalue weighted by Gasteiger charge is 2.15. The van der Waals surface area contributed by atoms with Crippen LogP contribution in [0.5, 0.6) is 0 Å². The van der Waals surface area contributed by atoms with Crippen LogP contribution in [0.4, 0.5) is 15.8 Å². The normalized spacial score (nSPS) is 10.3. The van der Waals surface area contributed by atoms with Crippen LogP contribution in [0.15, 0.2) is 36.4 Å². The molecule has 0 saturated carbocycles. The fourth-order valence-electron chi connectivity index (χ4n) is 1.71. The summed E-state index contributed by atoms with van der Waals surface area (Å²) in [7, 11) is 0. The van der Waals surface area contributed by atoms with Crippen molar-refractivity contribution in [2.45, 2.75) is 6.92 Å². The lowest BCUT2D eigenvalue weighted by Gasteiger charge is -2.09. The molecule has 2 rings (SSSR count). The number of anilines is 2. The number of nitrogens with one attached hydrogen (secondary N) is 1. The highest BCUT2D eigenvalue weighted by atomic mass is 35.5. The van der Waals surface area contributed by atoms with Crippen molar-refractivity contribution in [1.82, 2.24) is 0 Å².